The third kappa shape index (κ3) is 3.32. The highest BCUT2D eigenvalue weighted by Crippen LogP contribution is 2.25. The van der Waals surface area contributed by atoms with E-state index in [1.165, 1.54) is 12.0 Å². The average Bonchev–Trinajstić information content (AvgIpc) is 3.04. The second-order valence-corrected chi connectivity index (χ2v) is 6.73. The van der Waals surface area contributed by atoms with E-state index in [2.05, 4.69) is 47.6 Å². The quantitative estimate of drug-likeness (QED) is 0.915. The number of nitrogens with one attached hydrogen (secondary N) is 1. The van der Waals surface area contributed by atoms with E-state index in [9.17, 15) is 0 Å². The second-order valence-electron chi connectivity index (χ2n) is 5.73. The number of thiophene rings is 1. The summed E-state index contributed by atoms with van der Waals surface area (Å²) < 4.78 is 5.90. The number of furan rings is 1. The molecule has 0 spiro atoms. The molecule has 108 valence electrons. The summed E-state index contributed by atoms with van der Waals surface area (Å²) in [5.41, 5.74) is 1.49. The van der Waals surface area contributed by atoms with E-state index in [-0.39, 0.29) is 0 Å². The van der Waals surface area contributed by atoms with Gasteiger partial charge in [-0.25, -0.2) is 0 Å². The fraction of sp³-hybridized carbons (Fsp3) is 0.500. The Morgan fingerprint density at radius 2 is 2.15 bits per heavy atom. The van der Waals surface area contributed by atoms with Crippen LogP contribution in [-0.4, -0.2) is 17.5 Å². The van der Waals surface area contributed by atoms with Crippen molar-refractivity contribution in [1.29, 1.82) is 0 Å². The van der Waals surface area contributed by atoms with Gasteiger partial charge in [-0.2, -0.15) is 0 Å². The Hall–Kier alpha value is -1.10. The smallest absolute Gasteiger partial charge is 0.118 e. The molecule has 0 amide bonds. The van der Waals surface area contributed by atoms with E-state index >= 15 is 0 Å². The number of nitrogens with zero attached hydrogens (tertiary/aromatic N) is 1. The SMILES string of the molecule is CC(C)NCc1ccc(CN2CCc3sccc3C2)o1. The molecule has 0 saturated heterocycles. The Morgan fingerprint density at radius 1 is 1.30 bits per heavy atom. The van der Waals surface area contributed by atoms with Crippen molar-refractivity contribution in [2.24, 2.45) is 0 Å². The zero-order valence-electron chi connectivity index (χ0n) is 12.2. The number of hydrogen-bond donors (Lipinski definition) is 1. The van der Waals surface area contributed by atoms with E-state index in [1.807, 2.05) is 11.3 Å². The van der Waals surface area contributed by atoms with Crippen LogP contribution in [0, 0.1) is 0 Å². The highest BCUT2D eigenvalue weighted by atomic mass is 32.1. The van der Waals surface area contributed by atoms with E-state index in [0.717, 1.165) is 37.7 Å². The predicted octanol–water partition coefficient (Wildman–Crippen LogP) is 3.40. The summed E-state index contributed by atoms with van der Waals surface area (Å²) in [5, 5.41) is 5.59. The minimum Gasteiger partial charge on any atom is -0.463 e. The Morgan fingerprint density at radius 3 is 3.00 bits per heavy atom. The topological polar surface area (TPSA) is 28.4 Å². The molecule has 2 aromatic rings. The number of fused-ring (bicyclic) bond motifs is 1. The molecule has 1 N–H and O–H groups in total. The second kappa shape index (κ2) is 6.12. The summed E-state index contributed by atoms with van der Waals surface area (Å²) in [6.45, 7) is 8.21. The van der Waals surface area contributed by atoms with Gasteiger partial charge in [0.05, 0.1) is 13.1 Å². The largest absolute Gasteiger partial charge is 0.463 e. The first-order valence-electron chi connectivity index (χ1n) is 7.29. The van der Waals surface area contributed by atoms with E-state index in [1.54, 1.807) is 4.88 Å². The maximum atomic E-state index is 5.90. The van der Waals surface area contributed by atoms with Crippen LogP contribution in [0.2, 0.25) is 0 Å². The first-order chi connectivity index (χ1) is 9.70. The van der Waals surface area contributed by atoms with Crippen molar-refractivity contribution in [2.75, 3.05) is 6.54 Å². The maximum absolute atomic E-state index is 5.90. The molecule has 1 aliphatic heterocycles. The van der Waals surface area contributed by atoms with Crippen molar-refractivity contribution < 1.29 is 4.42 Å². The fourth-order valence-corrected chi connectivity index (χ4v) is 3.46. The van der Waals surface area contributed by atoms with Gasteiger partial charge in [-0.05, 0) is 35.6 Å². The minimum absolute atomic E-state index is 0.489. The summed E-state index contributed by atoms with van der Waals surface area (Å²) in [7, 11) is 0. The number of hydrogen-bond acceptors (Lipinski definition) is 4. The molecule has 2 aromatic heterocycles. The normalized spacial score (nSPS) is 15.8. The van der Waals surface area contributed by atoms with Gasteiger partial charge in [-0.15, -0.1) is 11.3 Å². The van der Waals surface area contributed by atoms with Crippen LogP contribution in [0.5, 0.6) is 0 Å². The van der Waals surface area contributed by atoms with Crippen LogP contribution < -0.4 is 5.32 Å². The summed E-state index contributed by atoms with van der Waals surface area (Å²) in [5.74, 6) is 2.10. The van der Waals surface area contributed by atoms with Gasteiger partial charge in [0.1, 0.15) is 11.5 Å². The molecule has 0 aliphatic carbocycles. The predicted molar refractivity (Wildman–Crippen MR) is 82.8 cm³/mol. The van der Waals surface area contributed by atoms with Crippen molar-refractivity contribution in [3.05, 3.63) is 45.5 Å². The lowest BCUT2D eigenvalue weighted by molar-refractivity contribution is 0.224. The van der Waals surface area contributed by atoms with Crippen molar-refractivity contribution in [3.63, 3.8) is 0 Å². The molecule has 0 aromatic carbocycles. The van der Waals surface area contributed by atoms with Crippen LogP contribution in [0.4, 0.5) is 0 Å². The van der Waals surface area contributed by atoms with Crippen LogP contribution in [0.3, 0.4) is 0 Å². The molecule has 3 nitrogen and oxygen atoms in total. The molecule has 20 heavy (non-hydrogen) atoms. The van der Waals surface area contributed by atoms with Crippen molar-refractivity contribution in [1.82, 2.24) is 10.2 Å². The zero-order chi connectivity index (χ0) is 13.9. The van der Waals surface area contributed by atoms with Crippen LogP contribution >= 0.6 is 11.3 Å². The van der Waals surface area contributed by atoms with E-state index in [0.29, 0.717) is 6.04 Å². The van der Waals surface area contributed by atoms with Crippen LogP contribution in [0.1, 0.15) is 35.8 Å². The molecule has 4 heteroatoms. The monoisotopic (exact) mass is 290 g/mol. The first-order valence-corrected chi connectivity index (χ1v) is 8.17. The van der Waals surface area contributed by atoms with Crippen molar-refractivity contribution in [3.8, 4) is 0 Å². The molecular weight excluding hydrogens is 268 g/mol. The van der Waals surface area contributed by atoms with Crippen LogP contribution in [-0.2, 0) is 26.1 Å². The van der Waals surface area contributed by atoms with Crippen LogP contribution in [0.15, 0.2) is 28.0 Å². The molecule has 0 bridgehead atoms. The highest BCUT2D eigenvalue weighted by molar-refractivity contribution is 7.10. The van der Waals surface area contributed by atoms with E-state index in [4.69, 9.17) is 4.42 Å². The Bertz CT molecular complexity index is 558. The van der Waals surface area contributed by atoms with Gasteiger partial charge in [0.25, 0.3) is 0 Å². The molecule has 0 radical (unpaired) electrons. The first kappa shape index (κ1) is 13.9. The summed E-state index contributed by atoms with van der Waals surface area (Å²) in [6, 6.07) is 6.94. The van der Waals surface area contributed by atoms with Crippen LogP contribution in [0.25, 0.3) is 0 Å². The van der Waals surface area contributed by atoms with Crippen molar-refractivity contribution >= 4 is 11.3 Å². The molecule has 0 atom stereocenters. The number of rotatable bonds is 5. The zero-order valence-corrected chi connectivity index (χ0v) is 13.0. The molecular formula is C16H22N2OS. The standard InChI is InChI=1S/C16H22N2OS/c1-12(2)17-9-14-3-4-15(19-14)11-18-7-5-16-13(10-18)6-8-20-16/h3-4,6,8,12,17H,5,7,9-11H2,1-2H3. The molecule has 1 aliphatic rings. The maximum Gasteiger partial charge on any atom is 0.118 e. The van der Waals surface area contributed by atoms with Gasteiger partial charge >= 0.3 is 0 Å². The Labute approximate surface area is 124 Å². The van der Waals surface area contributed by atoms with Crippen molar-refractivity contribution in [2.45, 2.75) is 45.9 Å². The molecule has 3 rings (SSSR count). The molecule has 3 heterocycles. The molecule has 0 fully saturated rings. The molecule has 0 saturated carbocycles. The van der Waals surface area contributed by atoms with Gasteiger partial charge in [-0.1, -0.05) is 13.8 Å². The lowest BCUT2D eigenvalue weighted by Gasteiger charge is -2.25. The fourth-order valence-electron chi connectivity index (χ4n) is 2.57. The minimum atomic E-state index is 0.489. The summed E-state index contributed by atoms with van der Waals surface area (Å²) in [4.78, 5) is 4.02. The van der Waals surface area contributed by atoms with Gasteiger partial charge in [0, 0.05) is 24.0 Å². The van der Waals surface area contributed by atoms with Gasteiger partial charge in [0.2, 0.25) is 0 Å². The average molecular weight is 290 g/mol. The lowest BCUT2D eigenvalue weighted by Crippen LogP contribution is -2.28. The third-order valence-electron chi connectivity index (χ3n) is 3.67. The van der Waals surface area contributed by atoms with Gasteiger partial charge in [-0.3, -0.25) is 4.90 Å². The third-order valence-corrected chi connectivity index (χ3v) is 4.69. The van der Waals surface area contributed by atoms with Gasteiger partial charge in [0.15, 0.2) is 0 Å². The summed E-state index contributed by atoms with van der Waals surface area (Å²) >= 11 is 1.89. The lowest BCUT2D eigenvalue weighted by atomic mass is 10.1. The Kier molecular flexibility index (Phi) is 4.24. The van der Waals surface area contributed by atoms with E-state index < -0.39 is 0 Å². The summed E-state index contributed by atoms with van der Waals surface area (Å²) in [6.07, 6.45) is 1.18. The van der Waals surface area contributed by atoms with Gasteiger partial charge < -0.3 is 9.73 Å². The molecule has 0 unspecified atom stereocenters. The highest BCUT2D eigenvalue weighted by Gasteiger charge is 2.18. The Balaban J connectivity index is 1.56.